The number of nitrogens with zero attached hydrogens (tertiary/aromatic N) is 4. The minimum atomic E-state index is -0.0465. The van der Waals surface area contributed by atoms with Gasteiger partial charge in [0.2, 0.25) is 0 Å². The number of carbonyl (C=O) groups excluding carboxylic acids is 1. The quantitative estimate of drug-likeness (QED) is 0.644. The normalized spacial score (nSPS) is 15.1. The molecular weight excluding hydrogens is 342 g/mol. The lowest BCUT2D eigenvalue weighted by atomic mass is 10.1. The van der Waals surface area contributed by atoms with Crippen LogP contribution in [0.1, 0.15) is 28.6 Å². The van der Waals surface area contributed by atoms with E-state index in [0.29, 0.717) is 18.8 Å². The van der Waals surface area contributed by atoms with E-state index in [2.05, 4.69) is 35.1 Å². The number of carbonyl (C=O) groups is 1. The van der Waals surface area contributed by atoms with Gasteiger partial charge in [-0.2, -0.15) is 0 Å². The third-order valence-electron chi connectivity index (χ3n) is 4.71. The molecule has 0 atom stereocenters. The average molecular weight is 369 g/mol. The Morgan fingerprint density at radius 3 is 2.70 bits per heavy atom. The van der Waals surface area contributed by atoms with Crippen molar-refractivity contribution in [3.05, 3.63) is 53.7 Å². The zero-order chi connectivity index (χ0) is 19.1. The number of aliphatic imine (C=N–C) groups is 1. The molecule has 3 heterocycles. The Hall–Kier alpha value is -2.83. The van der Waals surface area contributed by atoms with Crippen molar-refractivity contribution in [2.45, 2.75) is 20.3 Å². The van der Waals surface area contributed by atoms with Gasteiger partial charge in [0.05, 0.1) is 6.26 Å². The van der Waals surface area contributed by atoms with E-state index in [1.165, 1.54) is 17.4 Å². The Bertz CT molecular complexity index is 764. The molecule has 7 heteroatoms. The largest absolute Gasteiger partial charge is 0.459 e. The molecule has 0 aromatic carbocycles. The van der Waals surface area contributed by atoms with E-state index >= 15 is 0 Å². The standard InChI is InChI=1S/C20H27N5O2/c1-3-22-20(23-9-7-17-6-8-21-15-16(17)2)25-12-10-24(11-13-25)19(26)18-5-4-14-27-18/h4-6,8,14-15H,3,7,9-13H2,1-2H3,(H,22,23). The van der Waals surface area contributed by atoms with Crippen LogP contribution in [-0.4, -0.2) is 65.9 Å². The van der Waals surface area contributed by atoms with E-state index in [4.69, 9.17) is 9.41 Å². The molecule has 0 unspecified atom stereocenters. The second-order valence-corrected chi connectivity index (χ2v) is 6.54. The number of nitrogens with one attached hydrogen (secondary N) is 1. The van der Waals surface area contributed by atoms with Gasteiger partial charge in [0.15, 0.2) is 11.7 Å². The first-order valence-corrected chi connectivity index (χ1v) is 9.44. The van der Waals surface area contributed by atoms with Gasteiger partial charge in [-0.3, -0.25) is 14.8 Å². The maximum atomic E-state index is 12.4. The van der Waals surface area contributed by atoms with Crippen molar-refractivity contribution in [3.8, 4) is 0 Å². The lowest BCUT2D eigenvalue weighted by molar-refractivity contribution is 0.0657. The summed E-state index contributed by atoms with van der Waals surface area (Å²) >= 11 is 0. The van der Waals surface area contributed by atoms with Crippen LogP contribution in [0.4, 0.5) is 0 Å². The molecule has 0 spiro atoms. The van der Waals surface area contributed by atoms with Crippen molar-refractivity contribution in [3.63, 3.8) is 0 Å². The molecule has 1 N–H and O–H groups in total. The Balaban J connectivity index is 1.56. The van der Waals surface area contributed by atoms with Crippen molar-refractivity contribution in [2.75, 3.05) is 39.3 Å². The summed E-state index contributed by atoms with van der Waals surface area (Å²) in [5, 5.41) is 3.37. The van der Waals surface area contributed by atoms with Gasteiger partial charge in [0, 0.05) is 51.7 Å². The highest BCUT2D eigenvalue weighted by Crippen LogP contribution is 2.10. The van der Waals surface area contributed by atoms with Crippen LogP contribution in [0, 0.1) is 6.92 Å². The molecule has 1 fully saturated rings. The Kier molecular flexibility index (Phi) is 6.46. The summed E-state index contributed by atoms with van der Waals surface area (Å²) in [5.41, 5.74) is 2.47. The molecule has 0 saturated carbocycles. The van der Waals surface area contributed by atoms with Crippen LogP contribution in [0.3, 0.4) is 0 Å². The lowest BCUT2D eigenvalue weighted by Gasteiger charge is -2.36. The van der Waals surface area contributed by atoms with E-state index in [1.54, 1.807) is 12.1 Å². The Morgan fingerprint density at radius 1 is 1.26 bits per heavy atom. The molecule has 1 saturated heterocycles. The fraction of sp³-hybridized carbons (Fsp3) is 0.450. The summed E-state index contributed by atoms with van der Waals surface area (Å²) in [4.78, 5) is 25.4. The molecule has 0 radical (unpaired) electrons. The van der Waals surface area contributed by atoms with Gasteiger partial charge in [-0.15, -0.1) is 0 Å². The summed E-state index contributed by atoms with van der Waals surface area (Å²) in [7, 11) is 0. The van der Waals surface area contributed by atoms with Crippen LogP contribution in [0.2, 0.25) is 0 Å². The lowest BCUT2D eigenvalue weighted by Crippen LogP contribution is -2.53. The summed E-state index contributed by atoms with van der Waals surface area (Å²) in [6.45, 7) is 8.52. The molecule has 2 aromatic rings. The maximum Gasteiger partial charge on any atom is 0.289 e. The molecule has 7 nitrogen and oxygen atoms in total. The smallest absolute Gasteiger partial charge is 0.289 e. The van der Waals surface area contributed by atoms with Crippen molar-refractivity contribution in [1.29, 1.82) is 0 Å². The predicted molar refractivity (Wildman–Crippen MR) is 105 cm³/mol. The minimum Gasteiger partial charge on any atom is -0.459 e. The number of furan rings is 1. The highest BCUT2D eigenvalue weighted by Gasteiger charge is 2.25. The van der Waals surface area contributed by atoms with Crippen LogP contribution in [0.25, 0.3) is 0 Å². The summed E-state index contributed by atoms with van der Waals surface area (Å²) in [5.74, 6) is 1.26. The van der Waals surface area contributed by atoms with Crippen LogP contribution in [0.15, 0.2) is 46.3 Å². The number of aromatic nitrogens is 1. The van der Waals surface area contributed by atoms with Gasteiger partial charge in [0.1, 0.15) is 0 Å². The highest BCUT2D eigenvalue weighted by atomic mass is 16.3. The molecule has 0 bridgehead atoms. The molecular formula is C20H27N5O2. The number of rotatable bonds is 5. The van der Waals surface area contributed by atoms with Crippen LogP contribution in [-0.2, 0) is 6.42 Å². The highest BCUT2D eigenvalue weighted by molar-refractivity contribution is 5.91. The van der Waals surface area contributed by atoms with E-state index < -0.39 is 0 Å². The fourth-order valence-electron chi connectivity index (χ4n) is 3.17. The predicted octanol–water partition coefficient (Wildman–Crippen LogP) is 1.95. The first-order chi connectivity index (χ1) is 13.2. The second kappa shape index (κ2) is 9.21. The average Bonchev–Trinajstić information content (AvgIpc) is 3.23. The number of amides is 1. The van der Waals surface area contributed by atoms with Gasteiger partial charge in [-0.1, -0.05) is 0 Å². The van der Waals surface area contributed by atoms with Gasteiger partial charge >= 0.3 is 0 Å². The maximum absolute atomic E-state index is 12.4. The van der Waals surface area contributed by atoms with Crippen LogP contribution >= 0.6 is 0 Å². The first-order valence-electron chi connectivity index (χ1n) is 9.44. The van der Waals surface area contributed by atoms with E-state index in [0.717, 1.165) is 38.6 Å². The van der Waals surface area contributed by atoms with E-state index in [-0.39, 0.29) is 5.91 Å². The molecule has 144 valence electrons. The number of pyridine rings is 1. The van der Waals surface area contributed by atoms with E-state index in [9.17, 15) is 4.79 Å². The zero-order valence-corrected chi connectivity index (χ0v) is 16.0. The Labute approximate surface area is 160 Å². The molecule has 1 amide bonds. The summed E-state index contributed by atoms with van der Waals surface area (Å²) < 4.78 is 5.22. The van der Waals surface area contributed by atoms with Gasteiger partial charge in [0.25, 0.3) is 5.91 Å². The summed E-state index contributed by atoms with van der Waals surface area (Å²) in [6.07, 6.45) is 6.14. The third-order valence-corrected chi connectivity index (χ3v) is 4.71. The first kappa shape index (κ1) is 18.9. The molecule has 3 rings (SSSR count). The van der Waals surface area contributed by atoms with Gasteiger partial charge in [-0.05, 0) is 49.6 Å². The van der Waals surface area contributed by atoms with Crippen LogP contribution in [0.5, 0.6) is 0 Å². The zero-order valence-electron chi connectivity index (χ0n) is 16.0. The summed E-state index contributed by atoms with van der Waals surface area (Å²) in [6, 6.07) is 5.50. The number of aryl methyl sites for hydroxylation is 1. The molecule has 2 aromatic heterocycles. The number of guanidine groups is 1. The molecule has 0 aliphatic carbocycles. The van der Waals surface area contributed by atoms with Gasteiger partial charge < -0.3 is 19.5 Å². The number of hydrogen-bond acceptors (Lipinski definition) is 4. The van der Waals surface area contributed by atoms with Crippen molar-refractivity contribution in [2.24, 2.45) is 4.99 Å². The molecule has 1 aliphatic rings. The SMILES string of the molecule is CCNC(=NCCc1ccncc1C)N1CCN(C(=O)c2ccco2)CC1. The van der Waals surface area contributed by atoms with Crippen molar-refractivity contribution < 1.29 is 9.21 Å². The monoisotopic (exact) mass is 369 g/mol. The molecule has 27 heavy (non-hydrogen) atoms. The molecule has 1 aliphatic heterocycles. The third kappa shape index (κ3) is 4.87. The van der Waals surface area contributed by atoms with Crippen molar-refractivity contribution >= 4 is 11.9 Å². The second-order valence-electron chi connectivity index (χ2n) is 6.54. The number of hydrogen-bond donors (Lipinski definition) is 1. The van der Waals surface area contributed by atoms with Crippen molar-refractivity contribution in [1.82, 2.24) is 20.1 Å². The Morgan fingerprint density at radius 2 is 2.04 bits per heavy atom. The van der Waals surface area contributed by atoms with E-state index in [1.807, 2.05) is 17.3 Å². The van der Waals surface area contributed by atoms with Crippen LogP contribution < -0.4 is 5.32 Å². The number of piperazine rings is 1. The topological polar surface area (TPSA) is 74.0 Å². The minimum absolute atomic E-state index is 0.0465. The van der Waals surface area contributed by atoms with Gasteiger partial charge in [-0.25, -0.2) is 0 Å². The fourth-order valence-corrected chi connectivity index (χ4v) is 3.17.